The number of rotatable bonds is 3. The smallest absolute Gasteiger partial charge is 0.317 e. The number of halogens is 2. The Morgan fingerprint density at radius 2 is 1.79 bits per heavy atom. The van der Waals surface area contributed by atoms with Crippen LogP contribution in [0.25, 0.3) is 5.57 Å². The number of phenols is 1. The van der Waals surface area contributed by atoms with E-state index < -0.39 is 29.0 Å². The van der Waals surface area contributed by atoms with Gasteiger partial charge in [-0.3, -0.25) is 9.69 Å². The Morgan fingerprint density at radius 3 is 2.43 bits per heavy atom. The first kappa shape index (κ1) is 18.4. The Morgan fingerprint density at radius 1 is 1.14 bits per heavy atom. The second-order valence-electron chi connectivity index (χ2n) is 7.18. The summed E-state index contributed by atoms with van der Waals surface area (Å²) in [6.07, 6.45) is 2.99. The van der Waals surface area contributed by atoms with Crippen LogP contribution >= 0.6 is 0 Å². The number of phenolic OH excluding ortho intramolecular Hbond substituents is 1. The maximum Gasteiger partial charge on any atom is 0.317 e. The van der Waals surface area contributed by atoms with Crippen molar-refractivity contribution < 1.29 is 28.5 Å². The number of aliphatic carboxylic acids is 1. The highest BCUT2D eigenvalue weighted by molar-refractivity contribution is 5.85. The van der Waals surface area contributed by atoms with Crippen molar-refractivity contribution in [1.82, 2.24) is 4.90 Å². The molecule has 1 saturated heterocycles. The summed E-state index contributed by atoms with van der Waals surface area (Å²) in [6.45, 7) is 1.05. The summed E-state index contributed by atoms with van der Waals surface area (Å²) in [5.41, 5.74) is 0.983. The van der Waals surface area contributed by atoms with Crippen molar-refractivity contribution in [2.45, 2.75) is 18.4 Å². The minimum atomic E-state index is -1.02. The van der Waals surface area contributed by atoms with Gasteiger partial charge in [0, 0.05) is 31.5 Å². The quantitative estimate of drug-likeness (QED) is 0.845. The molecule has 1 spiro atoms. The Kier molecular flexibility index (Phi) is 4.55. The van der Waals surface area contributed by atoms with Crippen LogP contribution in [0.2, 0.25) is 0 Å². The number of piperidine rings is 1. The molecule has 146 valence electrons. The number of hydrogen-bond donors (Lipinski definition) is 2. The van der Waals surface area contributed by atoms with E-state index >= 15 is 0 Å². The summed E-state index contributed by atoms with van der Waals surface area (Å²) < 4.78 is 34.2. The van der Waals surface area contributed by atoms with Crippen molar-refractivity contribution in [2.24, 2.45) is 0 Å². The van der Waals surface area contributed by atoms with Crippen LogP contribution in [0.15, 0.2) is 42.5 Å². The molecular weight excluding hydrogens is 368 g/mol. The molecule has 2 heterocycles. The lowest BCUT2D eigenvalue weighted by atomic mass is 9.83. The van der Waals surface area contributed by atoms with Crippen LogP contribution in [-0.4, -0.2) is 46.3 Å². The third-order valence-corrected chi connectivity index (χ3v) is 5.29. The maximum atomic E-state index is 14.0. The number of nitrogens with zero attached hydrogens (tertiary/aromatic N) is 1. The predicted molar refractivity (Wildman–Crippen MR) is 98.2 cm³/mol. The Labute approximate surface area is 160 Å². The van der Waals surface area contributed by atoms with Gasteiger partial charge < -0.3 is 14.9 Å². The van der Waals surface area contributed by atoms with Crippen LogP contribution in [0.1, 0.15) is 24.0 Å². The molecule has 1 fully saturated rings. The number of carboxylic acid groups (broad SMARTS) is 1. The van der Waals surface area contributed by atoms with Gasteiger partial charge in [0.1, 0.15) is 11.4 Å². The Bertz CT molecular complexity index is 942. The van der Waals surface area contributed by atoms with Crippen molar-refractivity contribution in [1.29, 1.82) is 0 Å². The van der Waals surface area contributed by atoms with Crippen LogP contribution in [0, 0.1) is 11.6 Å². The zero-order chi connectivity index (χ0) is 19.9. The molecule has 0 aromatic heterocycles. The lowest BCUT2D eigenvalue weighted by Crippen LogP contribution is -2.49. The molecule has 7 heteroatoms. The fourth-order valence-corrected chi connectivity index (χ4v) is 3.85. The summed E-state index contributed by atoms with van der Waals surface area (Å²) in [5, 5.41) is 18.4. The Balaban J connectivity index is 1.74. The van der Waals surface area contributed by atoms with E-state index in [-0.39, 0.29) is 6.54 Å². The average Bonchev–Trinajstić information content (AvgIpc) is 2.67. The molecule has 2 aromatic carbocycles. The second-order valence-corrected chi connectivity index (χ2v) is 7.18. The summed E-state index contributed by atoms with van der Waals surface area (Å²) in [7, 11) is 0. The molecule has 0 amide bonds. The van der Waals surface area contributed by atoms with Crippen molar-refractivity contribution >= 4 is 11.5 Å². The molecule has 2 aliphatic heterocycles. The van der Waals surface area contributed by atoms with Crippen LogP contribution in [0.5, 0.6) is 11.5 Å². The van der Waals surface area contributed by atoms with Gasteiger partial charge in [0.25, 0.3) is 0 Å². The Hall–Kier alpha value is -2.93. The highest BCUT2D eigenvalue weighted by Crippen LogP contribution is 2.43. The molecule has 5 nitrogen and oxygen atoms in total. The molecule has 0 unspecified atom stereocenters. The maximum absolute atomic E-state index is 14.0. The number of hydrogen-bond acceptors (Lipinski definition) is 4. The van der Waals surface area contributed by atoms with E-state index in [1.807, 2.05) is 29.2 Å². The number of benzene rings is 2. The van der Waals surface area contributed by atoms with Crippen molar-refractivity contribution in [3.8, 4) is 11.5 Å². The van der Waals surface area contributed by atoms with Crippen LogP contribution < -0.4 is 4.74 Å². The number of ether oxygens (including phenoxy) is 1. The predicted octanol–water partition coefficient (Wildman–Crippen LogP) is 3.41. The van der Waals surface area contributed by atoms with Gasteiger partial charge in [-0.05, 0) is 35.4 Å². The molecule has 0 saturated carbocycles. The SMILES string of the molecule is O=C(O)CN1CCC2(C=C(c3cc(F)c(O)c(F)c3)c3ccccc3O2)CC1. The number of para-hydroxylation sites is 1. The second kappa shape index (κ2) is 6.91. The fraction of sp³-hybridized carbons (Fsp3) is 0.286. The molecule has 4 rings (SSSR count). The van der Waals surface area contributed by atoms with E-state index in [0.29, 0.717) is 48.4 Å². The molecule has 2 aromatic rings. The van der Waals surface area contributed by atoms with Gasteiger partial charge >= 0.3 is 5.97 Å². The molecule has 0 bridgehead atoms. The van der Waals surface area contributed by atoms with E-state index in [1.165, 1.54) is 0 Å². The number of likely N-dealkylation sites (tertiary alicyclic amines) is 1. The molecule has 0 atom stereocenters. The number of carbonyl (C=O) groups is 1. The van der Waals surface area contributed by atoms with E-state index in [1.54, 1.807) is 6.07 Å². The molecule has 2 aliphatic rings. The topological polar surface area (TPSA) is 70.0 Å². The zero-order valence-corrected chi connectivity index (χ0v) is 15.0. The fourth-order valence-electron chi connectivity index (χ4n) is 3.85. The largest absolute Gasteiger partial charge is 0.503 e. The highest BCUT2D eigenvalue weighted by Gasteiger charge is 2.39. The van der Waals surface area contributed by atoms with Gasteiger partial charge in [-0.2, -0.15) is 0 Å². The lowest BCUT2D eigenvalue weighted by Gasteiger charge is -2.42. The lowest BCUT2D eigenvalue weighted by molar-refractivity contribution is -0.139. The van der Waals surface area contributed by atoms with Crippen molar-refractivity contribution in [3.05, 3.63) is 65.2 Å². The summed E-state index contributed by atoms with van der Waals surface area (Å²) in [6, 6.07) is 9.49. The van der Waals surface area contributed by atoms with E-state index in [4.69, 9.17) is 9.84 Å². The standard InChI is InChI=1S/C21H19F2NO4/c22-16-9-13(10-17(23)20(16)27)15-11-21(28-18-4-2-1-3-14(15)18)5-7-24(8-6-21)12-19(25)26/h1-4,9-11,27H,5-8,12H2,(H,25,26). The summed E-state index contributed by atoms with van der Waals surface area (Å²) in [4.78, 5) is 12.8. The van der Waals surface area contributed by atoms with Gasteiger partial charge in [-0.25, -0.2) is 8.78 Å². The minimum absolute atomic E-state index is 0.0301. The number of fused-ring (bicyclic) bond motifs is 1. The number of carboxylic acids is 1. The zero-order valence-electron chi connectivity index (χ0n) is 15.0. The van der Waals surface area contributed by atoms with Crippen LogP contribution in [0.4, 0.5) is 8.78 Å². The van der Waals surface area contributed by atoms with Crippen molar-refractivity contribution in [3.63, 3.8) is 0 Å². The van der Waals surface area contributed by atoms with Gasteiger partial charge in [0.05, 0.1) is 6.54 Å². The van der Waals surface area contributed by atoms with Gasteiger partial charge in [-0.15, -0.1) is 0 Å². The van der Waals surface area contributed by atoms with Gasteiger partial charge in [-0.1, -0.05) is 18.2 Å². The third kappa shape index (κ3) is 3.33. The van der Waals surface area contributed by atoms with Gasteiger partial charge in [0.15, 0.2) is 17.4 Å². The molecular formula is C21H19F2NO4. The number of aromatic hydroxyl groups is 1. The minimum Gasteiger partial charge on any atom is -0.503 e. The highest BCUT2D eigenvalue weighted by atomic mass is 19.1. The van der Waals surface area contributed by atoms with Crippen molar-refractivity contribution in [2.75, 3.05) is 19.6 Å². The van der Waals surface area contributed by atoms with Crippen LogP contribution in [0.3, 0.4) is 0 Å². The van der Waals surface area contributed by atoms with Crippen LogP contribution in [-0.2, 0) is 4.79 Å². The van der Waals surface area contributed by atoms with E-state index in [2.05, 4.69) is 0 Å². The van der Waals surface area contributed by atoms with Gasteiger partial charge in [0.2, 0.25) is 0 Å². The molecule has 0 aliphatic carbocycles. The van der Waals surface area contributed by atoms with E-state index in [9.17, 15) is 18.7 Å². The van der Waals surface area contributed by atoms with E-state index in [0.717, 1.165) is 12.1 Å². The first-order valence-electron chi connectivity index (χ1n) is 9.01. The summed E-state index contributed by atoms with van der Waals surface area (Å²) >= 11 is 0. The molecule has 28 heavy (non-hydrogen) atoms. The molecule has 0 radical (unpaired) electrons. The normalized spacial score (nSPS) is 18.3. The third-order valence-electron chi connectivity index (χ3n) is 5.29. The first-order chi connectivity index (χ1) is 13.4. The molecule has 2 N–H and O–H groups in total. The summed E-state index contributed by atoms with van der Waals surface area (Å²) in [5.74, 6) is -3.31. The average molecular weight is 387 g/mol. The first-order valence-corrected chi connectivity index (χ1v) is 9.01. The monoisotopic (exact) mass is 387 g/mol.